The van der Waals surface area contributed by atoms with Gasteiger partial charge >= 0.3 is 0 Å². The third-order valence-electron chi connectivity index (χ3n) is 3.57. The van der Waals surface area contributed by atoms with Crippen LogP contribution in [0, 0.1) is 18.7 Å². The normalized spacial score (nSPS) is 19.1. The molecule has 2 rings (SSSR count). The summed E-state index contributed by atoms with van der Waals surface area (Å²) in [6, 6.07) is 2.80. The van der Waals surface area contributed by atoms with Crippen molar-refractivity contribution in [2.75, 3.05) is 25.1 Å². The lowest BCUT2D eigenvalue weighted by Crippen LogP contribution is -2.29. The maximum atomic E-state index is 13.9. The van der Waals surface area contributed by atoms with Crippen molar-refractivity contribution >= 4 is 21.8 Å². The number of hydrogen-bond acceptors (Lipinski definition) is 4. The molecule has 21 heavy (non-hydrogen) atoms. The van der Waals surface area contributed by atoms with Crippen LogP contribution in [-0.4, -0.2) is 33.5 Å². The largest absolute Gasteiger partial charge is 0.316 e. The number of hydrogen-bond donors (Lipinski definition) is 2. The van der Waals surface area contributed by atoms with E-state index in [2.05, 4.69) is 10.0 Å². The van der Waals surface area contributed by atoms with E-state index in [1.165, 1.54) is 12.1 Å². The minimum absolute atomic E-state index is 0.136. The summed E-state index contributed by atoms with van der Waals surface area (Å²) < 4.78 is 41.3. The van der Waals surface area contributed by atoms with Gasteiger partial charge in [0.15, 0.2) is 0 Å². The Morgan fingerprint density at radius 1 is 1.43 bits per heavy atom. The average molecular weight is 332 g/mol. The first-order valence-corrected chi connectivity index (χ1v) is 9.59. The van der Waals surface area contributed by atoms with Crippen LogP contribution in [0.3, 0.4) is 0 Å². The van der Waals surface area contributed by atoms with E-state index in [0.717, 1.165) is 17.9 Å². The molecule has 1 aliphatic rings. The molecule has 0 aromatic heterocycles. The molecule has 0 amide bonds. The SMILES string of the molecule is CNCc1cc(S(=O)(=O)NCC2CCSC2)cc(C)c1F. The van der Waals surface area contributed by atoms with Crippen LogP contribution in [0.25, 0.3) is 0 Å². The minimum Gasteiger partial charge on any atom is -0.316 e. The maximum Gasteiger partial charge on any atom is 0.240 e. The summed E-state index contributed by atoms with van der Waals surface area (Å²) in [6.07, 6.45) is 1.04. The molecule has 0 saturated carbocycles. The number of rotatable bonds is 6. The van der Waals surface area contributed by atoms with Crippen molar-refractivity contribution in [3.05, 3.63) is 29.1 Å². The van der Waals surface area contributed by atoms with Gasteiger partial charge in [0.2, 0.25) is 10.0 Å². The molecule has 1 aromatic carbocycles. The van der Waals surface area contributed by atoms with Crippen molar-refractivity contribution in [3.8, 4) is 0 Å². The second kappa shape index (κ2) is 7.09. The fourth-order valence-corrected chi connectivity index (χ4v) is 4.87. The molecule has 1 aliphatic heterocycles. The summed E-state index contributed by atoms with van der Waals surface area (Å²) in [5, 5.41) is 2.85. The van der Waals surface area contributed by atoms with Crippen molar-refractivity contribution in [1.29, 1.82) is 0 Å². The smallest absolute Gasteiger partial charge is 0.240 e. The van der Waals surface area contributed by atoms with Gasteiger partial charge in [-0.1, -0.05) is 0 Å². The fourth-order valence-electron chi connectivity index (χ4n) is 2.34. The molecule has 1 atom stereocenters. The molecule has 0 spiro atoms. The Bertz CT molecular complexity index is 599. The second-order valence-corrected chi connectivity index (χ2v) is 8.24. The van der Waals surface area contributed by atoms with Crippen LogP contribution in [0.4, 0.5) is 4.39 Å². The molecule has 2 N–H and O–H groups in total. The molecule has 118 valence electrons. The lowest BCUT2D eigenvalue weighted by Gasteiger charge is -2.13. The number of aryl methyl sites for hydroxylation is 1. The van der Waals surface area contributed by atoms with Crippen molar-refractivity contribution < 1.29 is 12.8 Å². The highest BCUT2D eigenvalue weighted by molar-refractivity contribution is 7.99. The molecule has 1 heterocycles. The molecule has 4 nitrogen and oxygen atoms in total. The van der Waals surface area contributed by atoms with Gasteiger partial charge in [-0.2, -0.15) is 11.8 Å². The maximum absolute atomic E-state index is 13.9. The Labute approximate surface area is 129 Å². The Balaban J connectivity index is 2.18. The first-order valence-electron chi connectivity index (χ1n) is 6.95. The van der Waals surface area contributed by atoms with Gasteiger partial charge in [0.1, 0.15) is 5.82 Å². The van der Waals surface area contributed by atoms with Crippen molar-refractivity contribution in [1.82, 2.24) is 10.0 Å². The van der Waals surface area contributed by atoms with Crippen molar-refractivity contribution in [2.24, 2.45) is 5.92 Å². The van der Waals surface area contributed by atoms with E-state index < -0.39 is 10.0 Å². The lowest BCUT2D eigenvalue weighted by atomic mass is 10.1. The van der Waals surface area contributed by atoms with Crippen LogP contribution in [0.1, 0.15) is 17.5 Å². The number of thioether (sulfide) groups is 1. The van der Waals surface area contributed by atoms with Gasteiger partial charge < -0.3 is 5.32 Å². The number of benzene rings is 1. The van der Waals surface area contributed by atoms with E-state index in [-0.39, 0.29) is 10.7 Å². The minimum atomic E-state index is -3.58. The predicted molar refractivity (Wildman–Crippen MR) is 84.5 cm³/mol. The molecule has 0 bridgehead atoms. The number of halogens is 1. The van der Waals surface area contributed by atoms with Crippen molar-refractivity contribution in [2.45, 2.75) is 24.8 Å². The van der Waals surface area contributed by atoms with E-state index in [1.807, 2.05) is 11.8 Å². The van der Waals surface area contributed by atoms with Gasteiger partial charge in [-0.15, -0.1) is 0 Å². The molecule has 7 heteroatoms. The molecule has 1 aromatic rings. The summed E-state index contributed by atoms with van der Waals surface area (Å²) >= 11 is 1.85. The second-order valence-electron chi connectivity index (χ2n) is 5.33. The van der Waals surface area contributed by atoms with Gasteiger partial charge in [0.25, 0.3) is 0 Å². The zero-order valence-electron chi connectivity index (χ0n) is 12.3. The topological polar surface area (TPSA) is 58.2 Å². The summed E-state index contributed by atoms with van der Waals surface area (Å²) in [7, 11) is -1.88. The molecule has 0 aliphatic carbocycles. The Kier molecular flexibility index (Phi) is 5.65. The highest BCUT2D eigenvalue weighted by Gasteiger charge is 2.21. The van der Waals surface area contributed by atoms with E-state index in [0.29, 0.717) is 30.1 Å². The third-order valence-corrected chi connectivity index (χ3v) is 6.20. The monoisotopic (exact) mass is 332 g/mol. The molecule has 0 radical (unpaired) electrons. The van der Waals surface area contributed by atoms with Gasteiger partial charge in [0.05, 0.1) is 4.90 Å². The average Bonchev–Trinajstić information content (AvgIpc) is 2.95. The van der Waals surface area contributed by atoms with E-state index in [9.17, 15) is 12.8 Å². The van der Waals surface area contributed by atoms with Gasteiger partial charge in [0, 0.05) is 18.7 Å². The highest BCUT2D eigenvalue weighted by Crippen LogP contribution is 2.24. The van der Waals surface area contributed by atoms with Crippen LogP contribution in [0.15, 0.2) is 17.0 Å². The van der Waals surface area contributed by atoms with Crippen molar-refractivity contribution in [3.63, 3.8) is 0 Å². The summed E-state index contributed by atoms with van der Waals surface area (Å²) in [5.41, 5.74) is 0.717. The standard InChI is InChI=1S/C14H21FN2O2S2/c1-10-5-13(6-12(8-16-2)14(10)15)21(18,19)17-7-11-3-4-20-9-11/h5-6,11,16-17H,3-4,7-9H2,1-2H3. The molecule has 1 unspecified atom stereocenters. The quantitative estimate of drug-likeness (QED) is 0.835. The van der Waals surface area contributed by atoms with Crippen LogP contribution >= 0.6 is 11.8 Å². The molecular weight excluding hydrogens is 311 g/mol. The molecular formula is C14H21FN2O2S2. The summed E-state index contributed by atoms with van der Waals surface area (Å²) in [6.45, 7) is 2.34. The zero-order chi connectivity index (χ0) is 15.5. The van der Waals surface area contributed by atoms with Gasteiger partial charge in [-0.3, -0.25) is 0 Å². The Morgan fingerprint density at radius 2 is 2.19 bits per heavy atom. The first kappa shape index (κ1) is 16.7. The Morgan fingerprint density at radius 3 is 2.81 bits per heavy atom. The van der Waals surface area contributed by atoms with E-state index in [4.69, 9.17) is 0 Å². The summed E-state index contributed by atoms with van der Waals surface area (Å²) in [5.74, 6) is 2.13. The lowest BCUT2D eigenvalue weighted by molar-refractivity contribution is 0.544. The number of nitrogens with one attached hydrogen (secondary N) is 2. The number of sulfonamides is 1. The third kappa shape index (κ3) is 4.18. The molecule has 1 saturated heterocycles. The first-order chi connectivity index (χ1) is 9.94. The van der Waals surface area contributed by atoms with Crippen LogP contribution < -0.4 is 10.0 Å². The van der Waals surface area contributed by atoms with E-state index >= 15 is 0 Å². The van der Waals surface area contributed by atoms with Gasteiger partial charge in [-0.25, -0.2) is 17.5 Å². The Hall–Kier alpha value is -0.630. The van der Waals surface area contributed by atoms with E-state index in [1.54, 1.807) is 14.0 Å². The van der Waals surface area contributed by atoms with Gasteiger partial charge in [-0.05, 0) is 55.5 Å². The summed E-state index contributed by atoms with van der Waals surface area (Å²) in [4.78, 5) is 0.136. The predicted octanol–water partition coefficient (Wildman–Crippen LogP) is 1.88. The molecule has 1 fully saturated rings. The zero-order valence-corrected chi connectivity index (χ0v) is 13.9. The van der Waals surface area contributed by atoms with Crippen LogP contribution in [0.5, 0.6) is 0 Å². The fraction of sp³-hybridized carbons (Fsp3) is 0.571. The highest BCUT2D eigenvalue weighted by atomic mass is 32.2. The van der Waals surface area contributed by atoms with Crippen LogP contribution in [-0.2, 0) is 16.6 Å². The van der Waals surface area contributed by atoms with Crippen LogP contribution in [0.2, 0.25) is 0 Å².